The molecule has 118 valence electrons. The van der Waals surface area contributed by atoms with E-state index in [1.807, 2.05) is 18.2 Å². The number of aromatic nitrogens is 2. The quantitative estimate of drug-likeness (QED) is 0.650. The van der Waals surface area contributed by atoms with Crippen molar-refractivity contribution in [2.45, 2.75) is 26.2 Å². The summed E-state index contributed by atoms with van der Waals surface area (Å²) in [5, 5.41) is 4.55. The average Bonchev–Trinajstić information content (AvgIpc) is 2.53. The monoisotopic (exact) mass is 316 g/mol. The molecule has 1 fully saturated rings. The number of hydrogen-bond acceptors (Lipinski definition) is 4. The Morgan fingerprint density at radius 1 is 1.32 bits per heavy atom. The van der Waals surface area contributed by atoms with Gasteiger partial charge in [0.1, 0.15) is 5.82 Å². The zero-order valence-electron chi connectivity index (χ0n) is 13.1. The lowest BCUT2D eigenvalue weighted by molar-refractivity contribution is 0.192. The van der Waals surface area contributed by atoms with Crippen molar-refractivity contribution in [3.8, 4) is 0 Å². The van der Waals surface area contributed by atoms with E-state index in [1.165, 1.54) is 25.9 Å². The average molecular weight is 316 g/mol. The molecule has 0 aliphatic carbocycles. The van der Waals surface area contributed by atoms with E-state index in [9.17, 15) is 0 Å². The summed E-state index contributed by atoms with van der Waals surface area (Å²) >= 11 is 5.20. The molecule has 0 atom stereocenters. The summed E-state index contributed by atoms with van der Waals surface area (Å²) < 4.78 is 0.534. The van der Waals surface area contributed by atoms with Crippen LogP contribution in [0.4, 0.5) is 5.82 Å². The number of nitrogens with one attached hydrogen (secondary N) is 2. The summed E-state index contributed by atoms with van der Waals surface area (Å²) in [4.78, 5) is 10.1. The van der Waals surface area contributed by atoms with Crippen LogP contribution in [0.2, 0.25) is 0 Å². The standard InChI is InChI=1S/C17H24N4S/c1-13-7-11-21(12-8-13)10-4-9-18-16-14-5-2-3-6-15(14)19-17(22)20-16/h2-3,5-6,13H,4,7-12H2,1H3,(H2,18,19,20,22). The van der Waals surface area contributed by atoms with Gasteiger partial charge in [0.2, 0.25) is 0 Å². The maximum Gasteiger partial charge on any atom is 0.199 e. The highest BCUT2D eigenvalue weighted by Crippen LogP contribution is 2.19. The van der Waals surface area contributed by atoms with Crippen molar-refractivity contribution in [1.29, 1.82) is 0 Å². The summed E-state index contributed by atoms with van der Waals surface area (Å²) in [5.41, 5.74) is 1.04. The van der Waals surface area contributed by atoms with Crippen LogP contribution in [-0.2, 0) is 0 Å². The minimum atomic E-state index is 0.534. The zero-order chi connectivity index (χ0) is 15.4. The van der Waals surface area contributed by atoms with Crippen molar-refractivity contribution in [2.75, 3.05) is 31.5 Å². The van der Waals surface area contributed by atoms with E-state index in [1.54, 1.807) is 0 Å². The first kappa shape index (κ1) is 15.4. The van der Waals surface area contributed by atoms with Gasteiger partial charge in [0.25, 0.3) is 0 Å². The third kappa shape index (κ3) is 3.84. The lowest BCUT2D eigenvalue weighted by Gasteiger charge is -2.30. The fourth-order valence-corrected chi connectivity index (χ4v) is 3.23. The molecule has 0 bridgehead atoms. The van der Waals surface area contributed by atoms with Crippen molar-refractivity contribution in [1.82, 2.24) is 14.9 Å². The normalized spacial score (nSPS) is 17.0. The largest absolute Gasteiger partial charge is 0.369 e. The van der Waals surface area contributed by atoms with Crippen molar-refractivity contribution >= 4 is 28.9 Å². The van der Waals surface area contributed by atoms with Crippen LogP contribution >= 0.6 is 12.2 Å². The van der Waals surface area contributed by atoms with Gasteiger partial charge < -0.3 is 15.2 Å². The van der Waals surface area contributed by atoms with E-state index in [2.05, 4.69) is 33.2 Å². The number of nitrogens with zero attached hydrogens (tertiary/aromatic N) is 2. The Kier molecular flexibility index (Phi) is 5.05. The van der Waals surface area contributed by atoms with E-state index in [0.29, 0.717) is 4.77 Å². The van der Waals surface area contributed by atoms with Gasteiger partial charge in [-0.15, -0.1) is 0 Å². The molecule has 22 heavy (non-hydrogen) atoms. The third-order valence-electron chi connectivity index (χ3n) is 4.46. The van der Waals surface area contributed by atoms with Gasteiger partial charge in [0.05, 0.1) is 5.52 Å². The second-order valence-electron chi connectivity index (χ2n) is 6.24. The van der Waals surface area contributed by atoms with E-state index < -0.39 is 0 Å². The molecule has 4 nitrogen and oxygen atoms in total. The van der Waals surface area contributed by atoms with Gasteiger partial charge in [-0.1, -0.05) is 19.1 Å². The predicted molar refractivity (Wildman–Crippen MR) is 94.9 cm³/mol. The van der Waals surface area contributed by atoms with Gasteiger partial charge in [-0.3, -0.25) is 0 Å². The molecule has 1 aliphatic rings. The molecule has 1 aromatic heterocycles. The summed E-state index contributed by atoms with van der Waals surface area (Å²) in [6.45, 7) is 6.95. The SMILES string of the molecule is CC1CCN(CCCNc2nc(=S)[nH]c3ccccc23)CC1. The first-order valence-electron chi connectivity index (χ1n) is 8.17. The number of piperidine rings is 1. The lowest BCUT2D eigenvalue weighted by Crippen LogP contribution is -2.34. The van der Waals surface area contributed by atoms with Crippen molar-refractivity contribution < 1.29 is 0 Å². The molecule has 2 N–H and O–H groups in total. The summed E-state index contributed by atoms with van der Waals surface area (Å²) in [6.07, 6.45) is 3.82. The van der Waals surface area contributed by atoms with Gasteiger partial charge in [-0.05, 0) is 69.2 Å². The van der Waals surface area contributed by atoms with E-state index in [4.69, 9.17) is 12.2 Å². The van der Waals surface area contributed by atoms with Gasteiger partial charge in [0, 0.05) is 11.9 Å². The molecule has 2 heterocycles. The molecule has 2 aromatic rings. The molecule has 0 saturated carbocycles. The van der Waals surface area contributed by atoms with Gasteiger partial charge in [0.15, 0.2) is 4.77 Å². The molecule has 0 radical (unpaired) electrons. The van der Waals surface area contributed by atoms with Crippen molar-refractivity contribution in [3.63, 3.8) is 0 Å². The van der Waals surface area contributed by atoms with Crippen LogP contribution in [0.25, 0.3) is 10.9 Å². The van der Waals surface area contributed by atoms with Gasteiger partial charge >= 0.3 is 0 Å². The minimum absolute atomic E-state index is 0.534. The second kappa shape index (κ2) is 7.20. The topological polar surface area (TPSA) is 44.0 Å². The number of fused-ring (bicyclic) bond motifs is 1. The second-order valence-corrected chi connectivity index (χ2v) is 6.63. The number of benzene rings is 1. The predicted octanol–water partition coefficient (Wildman–Crippen LogP) is 3.83. The number of aromatic amines is 1. The van der Waals surface area contributed by atoms with Gasteiger partial charge in [-0.25, -0.2) is 4.98 Å². The van der Waals surface area contributed by atoms with Crippen LogP contribution in [0.3, 0.4) is 0 Å². The Balaban J connectivity index is 1.55. The Bertz CT molecular complexity index is 674. The molecule has 0 amide bonds. The fraction of sp³-hybridized carbons (Fsp3) is 0.529. The third-order valence-corrected chi connectivity index (χ3v) is 4.65. The van der Waals surface area contributed by atoms with E-state index in [-0.39, 0.29) is 0 Å². The fourth-order valence-electron chi connectivity index (χ4n) is 3.03. The number of para-hydroxylation sites is 1. The van der Waals surface area contributed by atoms with Crippen LogP contribution in [-0.4, -0.2) is 41.0 Å². The number of hydrogen-bond donors (Lipinski definition) is 2. The highest BCUT2D eigenvalue weighted by Gasteiger charge is 2.14. The first-order valence-corrected chi connectivity index (χ1v) is 8.58. The maximum absolute atomic E-state index is 5.20. The van der Waals surface area contributed by atoms with Crippen LogP contribution in [0, 0.1) is 10.7 Å². The maximum atomic E-state index is 5.20. The van der Waals surface area contributed by atoms with Crippen molar-refractivity contribution in [3.05, 3.63) is 29.0 Å². The van der Waals surface area contributed by atoms with Crippen LogP contribution in [0.15, 0.2) is 24.3 Å². The molecule has 1 saturated heterocycles. The zero-order valence-corrected chi connectivity index (χ0v) is 14.0. The molecular formula is C17H24N4S. The molecule has 3 rings (SSSR count). The lowest BCUT2D eigenvalue weighted by atomic mass is 9.99. The molecule has 0 unspecified atom stereocenters. The van der Waals surface area contributed by atoms with E-state index >= 15 is 0 Å². The Morgan fingerprint density at radius 2 is 2.09 bits per heavy atom. The number of anilines is 1. The first-order chi connectivity index (χ1) is 10.7. The highest BCUT2D eigenvalue weighted by molar-refractivity contribution is 7.71. The minimum Gasteiger partial charge on any atom is -0.369 e. The summed E-state index contributed by atoms with van der Waals surface area (Å²) in [7, 11) is 0. The van der Waals surface area contributed by atoms with Crippen molar-refractivity contribution in [2.24, 2.45) is 5.92 Å². The van der Waals surface area contributed by atoms with Crippen LogP contribution < -0.4 is 5.32 Å². The highest BCUT2D eigenvalue weighted by atomic mass is 32.1. The Morgan fingerprint density at radius 3 is 2.91 bits per heavy atom. The Hall–Kier alpha value is -1.46. The molecule has 1 aromatic carbocycles. The molecule has 0 spiro atoms. The van der Waals surface area contributed by atoms with Crippen LogP contribution in [0.1, 0.15) is 26.2 Å². The smallest absolute Gasteiger partial charge is 0.199 e. The molecular weight excluding hydrogens is 292 g/mol. The summed E-state index contributed by atoms with van der Waals surface area (Å²) in [5.74, 6) is 1.79. The number of H-pyrrole nitrogens is 1. The molecule has 5 heteroatoms. The molecule has 1 aliphatic heterocycles. The summed E-state index contributed by atoms with van der Waals surface area (Å²) in [6, 6.07) is 8.14. The number of likely N-dealkylation sites (tertiary alicyclic amines) is 1. The Labute approximate surface area is 136 Å². The van der Waals surface area contributed by atoms with Crippen LogP contribution in [0.5, 0.6) is 0 Å². The van der Waals surface area contributed by atoms with E-state index in [0.717, 1.165) is 42.1 Å². The number of rotatable bonds is 5. The van der Waals surface area contributed by atoms with Gasteiger partial charge in [-0.2, -0.15) is 0 Å².